The Kier molecular flexibility index (Phi) is 7.48. The predicted molar refractivity (Wildman–Crippen MR) is 121 cm³/mol. The lowest BCUT2D eigenvalue weighted by Crippen LogP contribution is -2.17. The Morgan fingerprint density at radius 1 is 1.19 bits per heavy atom. The Labute approximate surface area is 196 Å². The molecule has 0 unspecified atom stereocenters. The van der Waals surface area contributed by atoms with Gasteiger partial charge >= 0.3 is 11.9 Å². The zero-order valence-corrected chi connectivity index (χ0v) is 20.2. The maximum atomic E-state index is 12.8. The first-order valence-corrected chi connectivity index (χ1v) is 13.1. The highest BCUT2D eigenvalue weighted by Crippen LogP contribution is 2.39. The average Bonchev–Trinajstić information content (AvgIpc) is 3.00. The molecule has 2 heterocycles. The van der Waals surface area contributed by atoms with Gasteiger partial charge in [-0.1, -0.05) is 11.6 Å². The molecule has 13 heteroatoms. The van der Waals surface area contributed by atoms with Crippen LogP contribution in [-0.2, 0) is 10.0 Å². The molecule has 0 spiro atoms. The fourth-order valence-electron chi connectivity index (χ4n) is 2.88. The van der Waals surface area contributed by atoms with Crippen molar-refractivity contribution < 1.29 is 21.6 Å². The number of imidazole rings is 1. The summed E-state index contributed by atoms with van der Waals surface area (Å²) in [5, 5.41) is 0.371. The van der Waals surface area contributed by atoms with Crippen molar-refractivity contribution in [1.82, 2.24) is 9.55 Å². The monoisotopic (exact) mass is 525 g/mol. The molecule has 0 aromatic heterocycles. The standard InChI is InChI=1S/C19H19ClF3N3O3S3/c1-11-12(2)31-17(30-10-4-3-9-19(21,22)23)15-16(24-18(27)26(11)15)25-32(28,29)14-7-5-13(20)6-8-14/h5-8H,3-4,9-10H2,1-2H3,(H,24,25,27). The number of nitrogens with one attached hydrogen (secondary N) is 1. The third-order valence-corrected chi connectivity index (χ3v) is 8.71. The number of halogens is 4. The molecule has 0 saturated carbocycles. The minimum atomic E-state index is -4.20. The number of hydrogen-bond acceptors (Lipinski definition) is 6. The second kappa shape index (κ2) is 9.62. The first-order chi connectivity index (χ1) is 14.9. The third kappa shape index (κ3) is 5.77. The fraction of sp³-hybridized carbons (Fsp3) is 0.368. The molecule has 0 amide bonds. The number of aryl methyl sites for hydroxylation is 1. The molecule has 0 fully saturated rings. The molecule has 0 atom stereocenters. The van der Waals surface area contributed by atoms with Crippen molar-refractivity contribution in [3.63, 3.8) is 0 Å². The minimum absolute atomic E-state index is 0.00951. The van der Waals surface area contributed by atoms with Crippen molar-refractivity contribution in [2.45, 2.75) is 48.4 Å². The van der Waals surface area contributed by atoms with Gasteiger partial charge in [0.15, 0.2) is 5.82 Å². The number of anilines is 1. The van der Waals surface area contributed by atoms with Crippen LogP contribution < -0.4 is 10.4 Å². The Balaban J connectivity index is 1.92. The number of alkyl halides is 3. The summed E-state index contributed by atoms with van der Waals surface area (Å²) in [6.07, 6.45) is -4.75. The lowest BCUT2D eigenvalue weighted by molar-refractivity contribution is -0.135. The van der Waals surface area contributed by atoms with E-state index in [1.165, 1.54) is 51.9 Å². The smallest absolute Gasteiger partial charge is 0.261 e. The van der Waals surface area contributed by atoms with Crippen LogP contribution in [0, 0.1) is 13.8 Å². The molecule has 6 nitrogen and oxygen atoms in total. The van der Waals surface area contributed by atoms with Crippen LogP contribution >= 0.6 is 34.7 Å². The highest BCUT2D eigenvalue weighted by molar-refractivity contribution is 8.01. The molecule has 0 bridgehead atoms. The highest BCUT2D eigenvalue weighted by atomic mass is 35.5. The normalized spacial score (nSPS) is 12.4. The van der Waals surface area contributed by atoms with E-state index in [1.54, 1.807) is 6.92 Å². The van der Waals surface area contributed by atoms with Gasteiger partial charge in [-0.3, -0.25) is 9.29 Å². The molecule has 0 radical (unpaired) electrons. The molecule has 1 aromatic carbocycles. The van der Waals surface area contributed by atoms with E-state index in [-0.39, 0.29) is 17.1 Å². The molecule has 3 rings (SSSR count). The Morgan fingerprint density at radius 2 is 1.84 bits per heavy atom. The SMILES string of the molecule is Cc1sc(SCCCCC(F)(F)F)c2c(NS(=O)(=O)c3ccc(Cl)cc3)nc(=O)n-2c1C. The molecule has 32 heavy (non-hydrogen) atoms. The van der Waals surface area contributed by atoms with Crippen molar-refractivity contribution in [1.29, 1.82) is 0 Å². The van der Waals surface area contributed by atoms with Gasteiger partial charge in [-0.15, -0.1) is 23.1 Å². The zero-order chi connectivity index (χ0) is 23.7. The fourth-order valence-corrected chi connectivity index (χ4v) is 6.54. The summed E-state index contributed by atoms with van der Waals surface area (Å²) in [5.41, 5.74) is 0.267. The largest absolute Gasteiger partial charge is 0.389 e. The summed E-state index contributed by atoms with van der Waals surface area (Å²) >= 11 is 8.43. The third-order valence-electron chi connectivity index (χ3n) is 4.57. The molecule has 2 aliphatic rings. The second-order valence-electron chi connectivity index (χ2n) is 6.94. The van der Waals surface area contributed by atoms with E-state index in [0.29, 0.717) is 32.8 Å². The Hall–Kier alpha value is -1.76. The molecule has 0 saturated heterocycles. The van der Waals surface area contributed by atoms with Crippen LogP contribution in [0.3, 0.4) is 0 Å². The number of thioether (sulfide) groups is 1. The van der Waals surface area contributed by atoms with Crippen molar-refractivity contribution in [2.75, 3.05) is 10.5 Å². The highest BCUT2D eigenvalue weighted by Gasteiger charge is 2.28. The minimum Gasteiger partial charge on any atom is -0.261 e. The molecule has 0 aliphatic carbocycles. The number of fused-ring (bicyclic) bond motifs is 1. The van der Waals surface area contributed by atoms with Gasteiger partial charge in [0, 0.05) is 22.0 Å². The van der Waals surface area contributed by atoms with Gasteiger partial charge in [0.2, 0.25) is 0 Å². The van der Waals surface area contributed by atoms with E-state index in [1.807, 2.05) is 6.92 Å². The van der Waals surface area contributed by atoms with Gasteiger partial charge in [0.05, 0.1) is 9.10 Å². The van der Waals surface area contributed by atoms with Crippen LogP contribution in [0.4, 0.5) is 19.0 Å². The first kappa shape index (κ1) is 24.9. The topological polar surface area (TPSA) is 81.1 Å². The van der Waals surface area contributed by atoms with Gasteiger partial charge in [-0.05, 0) is 56.7 Å². The van der Waals surface area contributed by atoms with E-state index in [9.17, 15) is 26.4 Å². The van der Waals surface area contributed by atoms with Crippen LogP contribution in [-0.4, -0.2) is 29.9 Å². The number of unbranched alkanes of at least 4 members (excludes halogenated alkanes) is 1. The number of benzene rings is 1. The molecule has 2 aliphatic heterocycles. The second-order valence-corrected chi connectivity index (χ2v) is 11.6. The lowest BCUT2D eigenvalue weighted by atomic mass is 10.2. The van der Waals surface area contributed by atoms with E-state index in [0.717, 1.165) is 4.88 Å². The van der Waals surface area contributed by atoms with Crippen LogP contribution in [0.15, 0.2) is 38.2 Å². The van der Waals surface area contributed by atoms with Gasteiger partial charge < -0.3 is 0 Å². The molecule has 174 valence electrons. The van der Waals surface area contributed by atoms with Crippen molar-refractivity contribution in [2.24, 2.45) is 0 Å². The number of sulfonamides is 1. The Bertz CT molecular complexity index is 1240. The quantitative estimate of drug-likeness (QED) is 0.304. The van der Waals surface area contributed by atoms with Crippen LogP contribution in [0.2, 0.25) is 5.02 Å². The van der Waals surface area contributed by atoms with Gasteiger partial charge in [0.1, 0.15) is 5.69 Å². The number of aromatic nitrogens is 2. The van der Waals surface area contributed by atoms with Crippen molar-refractivity contribution >= 4 is 50.5 Å². The van der Waals surface area contributed by atoms with Gasteiger partial charge in [0.25, 0.3) is 10.0 Å². The van der Waals surface area contributed by atoms with E-state index in [2.05, 4.69) is 9.71 Å². The molecular formula is C19H19ClF3N3O3S3. The van der Waals surface area contributed by atoms with Crippen LogP contribution in [0.5, 0.6) is 0 Å². The lowest BCUT2D eigenvalue weighted by Gasteiger charge is -2.16. The van der Waals surface area contributed by atoms with Gasteiger partial charge in [-0.2, -0.15) is 18.2 Å². The molecule has 1 N–H and O–H groups in total. The van der Waals surface area contributed by atoms with E-state index in [4.69, 9.17) is 11.6 Å². The van der Waals surface area contributed by atoms with Gasteiger partial charge in [-0.25, -0.2) is 13.2 Å². The first-order valence-electron chi connectivity index (χ1n) is 9.40. The number of rotatable bonds is 8. The summed E-state index contributed by atoms with van der Waals surface area (Å²) in [6, 6.07) is 5.52. The average molecular weight is 526 g/mol. The van der Waals surface area contributed by atoms with Crippen LogP contribution in [0.25, 0.3) is 5.69 Å². The Morgan fingerprint density at radius 3 is 2.47 bits per heavy atom. The van der Waals surface area contributed by atoms with E-state index < -0.39 is 28.3 Å². The van der Waals surface area contributed by atoms with Crippen LogP contribution in [0.1, 0.15) is 29.8 Å². The predicted octanol–water partition coefficient (Wildman–Crippen LogP) is 5.63. The maximum Gasteiger partial charge on any atom is 0.389 e. The summed E-state index contributed by atoms with van der Waals surface area (Å²) < 4.78 is 67.0. The summed E-state index contributed by atoms with van der Waals surface area (Å²) in [6.45, 7) is 3.53. The zero-order valence-electron chi connectivity index (χ0n) is 17.0. The summed E-state index contributed by atoms with van der Waals surface area (Å²) in [5.74, 6) is 0.259. The van der Waals surface area contributed by atoms with E-state index >= 15 is 0 Å². The maximum absolute atomic E-state index is 12.8. The summed E-state index contributed by atoms with van der Waals surface area (Å²) in [7, 11) is -4.05. The summed E-state index contributed by atoms with van der Waals surface area (Å²) in [4.78, 5) is 17.2. The number of nitrogens with zero attached hydrogens (tertiary/aromatic N) is 2. The molecule has 1 aromatic rings. The number of hydrogen-bond donors (Lipinski definition) is 1. The van der Waals surface area contributed by atoms with Crippen molar-refractivity contribution in [3.8, 4) is 5.69 Å². The van der Waals surface area contributed by atoms with Crippen molar-refractivity contribution in [3.05, 3.63) is 50.3 Å². The molecular weight excluding hydrogens is 507 g/mol.